The van der Waals surface area contributed by atoms with E-state index in [1.807, 2.05) is 0 Å². The van der Waals surface area contributed by atoms with Crippen molar-refractivity contribution in [3.63, 3.8) is 0 Å². The van der Waals surface area contributed by atoms with Gasteiger partial charge in [-0.05, 0) is 0 Å². The van der Waals surface area contributed by atoms with Crippen LogP contribution >= 0.6 is 0 Å². The number of hydrogen-bond donors (Lipinski definition) is 3. The Labute approximate surface area is 58.2 Å². The first-order valence-electron chi connectivity index (χ1n) is 3.05. The van der Waals surface area contributed by atoms with Crippen molar-refractivity contribution in [2.24, 2.45) is 5.73 Å². The molecule has 1 heterocycles. The fourth-order valence-electron chi connectivity index (χ4n) is 0.910. The van der Waals surface area contributed by atoms with Gasteiger partial charge in [0.05, 0.1) is 0 Å². The molecule has 0 aromatic rings. The Balaban J connectivity index is 2.33. The number of carbonyl (C=O) groups excluding carboxylic acids is 1. The molecule has 0 unspecified atom stereocenters. The number of hydrogen-bond acceptors (Lipinski definition) is 4. The highest BCUT2D eigenvalue weighted by atomic mass is 16.6. The van der Waals surface area contributed by atoms with Crippen molar-refractivity contribution in [2.75, 3.05) is 13.1 Å². The highest BCUT2D eigenvalue weighted by Crippen LogP contribution is 2.03. The van der Waals surface area contributed by atoms with E-state index in [-0.39, 0.29) is 0 Å². The maximum absolute atomic E-state index is 10.2. The minimum absolute atomic E-state index is 0.456. The predicted octanol–water partition coefficient (Wildman–Crippen LogP) is -1.59. The summed E-state index contributed by atoms with van der Waals surface area (Å²) in [6.07, 6.45) is -1.93. The van der Waals surface area contributed by atoms with Gasteiger partial charge in [0, 0.05) is 13.1 Å². The Hall–Kier alpha value is -0.810. The summed E-state index contributed by atoms with van der Waals surface area (Å²) in [5.74, 6) is 0. The number of carbonyl (C=O) groups is 1. The first kappa shape index (κ1) is 7.30. The van der Waals surface area contributed by atoms with E-state index in [0.717, 1.165) is 0 Å². The number of rotatable bonds is 1. The van der Waals surface area contributed by atoms with E-state index in [9.17, 15) is 4.79 Å². The molecule has 0 spiro atoms. The van der Waals surface area contributed by atoms with Gasteiger partial charge in [-0.15, -0.1) is 0 Å². The lowest BCUT2D eigenvalue weighted by molar-refractivity contribution is 0.0376. The molecule has 10 heavy (non-hydrogen) atoms. The molecule has 0 aliphatic carbocycles. The average Bonchev–Trinajstić information content (AvgIpc) is 2.15. The Kier molecular flexibility index (Phi) is 2.08. The summed E-state index contributed by atoms with van der Waals surface area (Å²) >= 11 is 0. The first-order valence-corrected chi connectivity index (χ1v) is 3.05. The standard InChI is InChI=1S/C5H10N2O3/c6-5(9)10-4-2-7-1-3(4)8/h3-4,7-8H,1-2H2,(H2,6,9)/t3-,4-/m1/s1. The second-order valence-electron chi connectivity index (χ2n) is 2.20. The number of nitrogens with one attached hydrogen (secondary N) is 1. The van der Waals surface area contributed by atoms with Crippen LogP contribution in [0, 0.1) is 0 Å². The normalized spacial score (nSPS) is 32.1. The quantitative estimate of drug-likeness (QED) is 0.416. The third-order valence-corrected chi connectivity index (χ3v) is 1.40. The first-order chi connectivity index (χ1) is 4.70. The molecule has 4 N–H and O–H groups in total. The molecular weight excluding hydrogens is 136 g/mol. The lowest BCUT2D eigenvalue weighted by Crippen LogP contribution is -2.31. The molecule has 0 bridgehead atoms. The molecule has 1 amide bonds. The van der Waals surface area contributed by atoms with Crippen LogP contribution in [0.4, 0.5) is 4.79 Å². The summed E-state index contributed by atoms with van der Waals surface area (Å²) in [6.45, 7) is 0.933. The van der Waals surface area contributed by atoms with Gasteiger partial charge >= 0.3 is 6.09 Å². The van der Waals surface area contributed by atoms with Crippen molar-refractivity contribution in [1.82, 2.24) is 5.32 Å². The minimum atomic E-state index is -0.840. The van der Waals surface area contributed by atoms with Crippen LogP contribution < -0.4 is 11.1 Å². The largest absolute Gasteiger partial charge is 0.442 e. The smallest absolute Gasteiger partial charge is 0.404 e. The molecule has 0 radical (unpaired) electrons. The molecule has 1 saturated heterocycles. The minimum Gasteiger partial charge on any atom is -0.442 e. The molecule has 0 aromatic carbocycles. The Bertz CT molecular complexity index is 139. The highest BCUT2D eigenvalue weighted by molar-refractivity contribution is 5.64. The summed E-state index contributed by atoms with van der Waals surface area (Å²) in [5, 5.41) is 11.9. The predicted molar refractivity (Wildman–Crippen MR) is 33.3 cm³/mol. The Morgan fingerprint density at radius 2 is 2.40 bits per heavy atom. The third kappa shape index (κ3) is 1.58. The Morgan fingerprint density at radius 3 is 2.80 bits per heavy atom. The van der Waals surface area contributed by atoms with Crippen molar-refractivity contribution < 1.29 is 14.6 Å². The maximum atomic E-state index is 10.2. The zero-order valence-corrected chi connectivity index (χ0v) is 5.41. The van der Waals surface area contributed by atoms with Gasteiger partial charge in [0.25, 0.3) is 0 Å². The van der Waals surface area contributed by atoms with E-state index in [2.05, 4.69) is 10.1 Å². The van der Waals surface area contributed by atoms with Crippen LogP contribution in [-0.4, -0.2) is 36.5 Å². The van der Waals surface area contributed by atoms with E-state index in [1.54, 1.807) is 0 Å². The topological polar surface area (TPSA) is 84.6 Å². The third-order valence-electron chi connectivity index (χ3n) is 1.40. The van der Waals surface area contributed by atoms with Gasteiger partial charge < -0.3 is 20.9 Å². The highest BCUT2D eigenvalue weighted by Gasteiger charge is 2.27. The van der Waals surface area contributed by atoms with E-state index in [0.29, 0.717) is 13.1 Å². The molecule has 2 atom stereocenters. The lowest BCUT2D eigenvalue weighted by Gasteiger charge is -2.11. The summed E-state index contributed by atoms with van der Waals surface area (Å²) in [4.78, 5) is 10.2. The van der Waals surface area contributed by atoms with Crippen LogP contribution in [0.5, 0.6) is 0 Å². The zero-order valence-electron chi connectivity index (χ0n) is 5.41. The molecule has 5 heteroatoms. The number of amides is 1. The molecule has 0 aromatic heterocycles. The van der Waals surface area contributed by atoms with Gasteiger partial charge in [-0.1, -0.05) is 0 Å². The molecule has 58 valence electrons. The second kappa shape index (κ2) is 2.85. The summed E-state index contributed by atoms with van der Waals surface area (Å²) < 4.78 is 4.55. The maximum Gasteiger partial charge on any atom is 0.404 e. The van der Waals surface area contributed by atoms with E-state index in [1.165, 1.54) is 0 Å². The van der Waals surface area contributed by atoms with Crippen molar-refractivity contribution in [3.05, 3.63) is 0 Å². The summed E-state index contributed by atoms with van der Waals surface area (Å²) in [6, 6.07) is 0. The fraction of sp³-hybridized carbons (Fsp3) is 0.800. The summed E-state index contributed by atoms with van der Waals surface area (Å²) in [7, 11) is 0. The number of primary amides is 1. The molecule has 1 rings (SSSR count). The van der Waals surface area contributed by atoms with Gasteiger partial charge in [-0.3, -0.25) is 0 Å². The number of ether oxygens (including phenoxy) is 1. The lowest BCUT2D eigenvalue weighted by atomic mass is 10.3. The van der Waals surface area contributed by atoms with Crippen LogP contribution in [0.3, 0.4) is 0 Å². The van der Waals surface area contributed by atoms with E-state index >= 15 is 0 Å². The van der Waals surface area contributed by atoms with Crippen LogP contribution in [0.2, 0.25) is 0 Å². The van der Waals surface area contributed by atoms with Crippen molar-refractivity contribution in [2.45, 2.75) is 12.2 Å². The van der Waals surface area contributed by atoms with Crippen molar-refractivity contribution in [1.29, 1.82) is 0 Å². The molecule has 1 fully saturated rings. The Morgan fingerprint density at radius 1 is 1.70 bits per heavy atom. The van der Waals surface area contributed by atoms with Crippen LogP contribution in [-0.2, 0) is 4.74 Å². The zero-order chi connectivity index (χ0) is 7.56. The van der Waals surface area contributed by atoms with Crippen molar-refractivity contribution in [3.8, 4) is 0 Å². The number of nitrogens with two attached hydrogens (primary N) is 1. The van der Waals surface area contributed by atoms with Gasteiger partial charge in [-0.2, -0.15) is 0 Å². The van der Waals surface area contributed by atoms with Gasteiger partial charge in [-0.25, -0.2) is 4.79 Å². The molecule has 0 saturated carbocycles. The molecule has 1 aliphatic heterocycles. The van der Waals surface area contributed by atoms with Gasteiger partial charge in [0.15, 0.2) is 0 Å². The SMILES string of the molecule is NC(=O)O[C@@H]1CNC[C@H]1O. The van der Waals surface area contributed by atoms with Gasteiger partial charge in [0.1, 0.15) is 12.2 Å². The number of aliphatic hydroxyl groups excluding tert-OH is 1. The van der Waals surface area contributed by atoms with Crippen LogP contribution in [0.1, 0.15) is 0 Å². The molecule has 1 aliphatic rings. The number of β-amino-alcohol motifs (C(OH)–C–C–N with tert-alkyl or cyclic N) is 1. The van der Waals surface area contributed by atoms with E-state index < -0.39 is 18.3 Å². The second-order valence-corrected chi connectivity index (χ2v) is 2.20. The molecule has 5 nitrogen and oxygen atoms in total. The molecular formula is C5H10N2O3. The fourth-order valence-corrected chi connectivity index (χ4v) is 0.910. The monoisotopic (exact) mass is 146 g/mol. The van der Waals surface area contributed by atoms with E-state index in [4.69, 9.17) is 10.8 Å². The van der Waals surface area contributed by atoms with Crippen molar-refractivity contribution >= 4 is 6.09 Å². The van der Waals surface area contributed by atoms with Crippen LogP contribution in [0.25, 0.3) is 0 Å². The van der Waals surface area contributed by atoms with Gasteiger partial charge in [0.2, 0.25) is 0 Å². The van der Waals surface area contributed by atoms with Crippen LogP contribution in [0.15, 0.2) is 0 Å². The average molecular weight is 146 g/mol. The number of aliphatic hydroxyl groups is 1. The summed E-state index contributed by atoms with van der Waals surface area (Å²) in [5.41, 5.74) is 4.73.